The fraction of sp³-hybridized carbons (Fsp3) is 0.100. The van der Waals surface area contributed by atoms with Gasteiger partial charge in [-0.15, -0.1) is 0 Å². The van der Waals surface area contributed by atoms with E-state index in [1.54, 1.807) is 16.9 Å². The lowest BCUT2D eigenvalue weighted by Gasteiger charge is -2.10. The van der Waals surface area contributed by atoms with E-state index < -0.39 is 0 Å². The summed E-state index contributed by atoms with van der Waals surface area (Å²) in [5.74, 6) is 1.29. The highest BCUT2D eigenvalue weighted by molar-refractivity contribution is 5.99. The molecule has 0 saturated heterocycles. The Hall–Kier alpha value is -3.92. The molecule has 0 aliphatic heterocycles. The fourth-order valence-electron chi connectivity index (χ4n) is 3.10. The Morgan fingerprint density at radius 3 is 2.78 bits per heavy atom. The van der Waals surface area contributed by atoms with Crippen molar-refractivity contribution in [2.45, 2.75) is 6.92 Å². The zero-order valence-corrected chi connectivity index (χ0v) is 14.8. The van der Waals surface area contributed by atoms with Gasteiger partial charge in [0.15, 0.2) is 5.82 Å². The summed E-state index contributed by atoms with van der Waals surface area (Å²) < 4.78 is 1.70. The number of nitriles is 1. The molecule has 0 radical (unpaired) electrons. The second-order valence-electron chi connectivity index (χ2n) is 6.28. The van der Waals surface area contributed by atoms with Crippen molar-refractivity contribution in [2.75, 3.05) is 5.32 Å². The van der Waals surface area contributed by atoms with Crippen LogP contribution in [0.1, 0.15) is 21.5 Å². The molecule has 0 spiro atoms. The number of aryl methyl sites for hydroxylation is 2. The largest absolute Gasteiger partial charge is 0.345 e. The number of H-pyrrole nitrogens is 1. The van der Waals surface area contributed by atoms with Crippen LogP contribution in [0.15, 0.2) is 42.7 Å². The van der Waals surface area contributed by atoms with Crippen LogP contribution in [0.3, 0.4) is 0 Å². The number of anilines is 2. The number of carbonyl (C=O) groups excluding carboxylic acids is 1. The molecule has 0 fully saturated rings. The van der Waals surface area contributed by atoms with Gasteiger partial charge in [-0.25, -0.2) is 4.98 Å². The van der Waals surface area contributed by atoms with E-state index in [0.29, 0.717) is 28.4 Å². The quantitative estimate of drug-likeness (QED) is 0.543. The monoisotopic (exact) mass is 356 g/mol. The number of nitrogens with one attached hydrogen (secondary N) is 2. The molecule has 0 aliphatic carbocycles. The zero-order chi connectivity index (χ0) is 19.0. The van der Waals surface area contributed by atoms with E-state index >= 15 is 0 Å². The predicted molar refractivity (Wildman–Crippen MR) is 103 cm³/mol. The second kappa shape index (κ2) is 6.42. The highest BCUT2D eigenvalue weighted by Crippen LogP contribution is 2.33. The van der Waals surface area contributed by atoms with E-state index in [-0.39, 0.29) is 0 Å². The van der Waals surface area contributed by atoms with E-state index in [1.165, 1.54) is 0 Å². The number of aromatic nitrogens is 4. The highest BCUT2D eigenvalue weighted by Gasteiger charge is 2.15. The number of pyridine rings is 1. The van der Waals surface area contributed by atoms with Crippen molar-refractivity contribution in [2.24, 2.45) is 7.05 Å². The number of rotatable bonds is 4. The lowest BCUT2D eigenvalue weighted by Crippen LogP contribution is -1.98. The molecule has 0 saturated carbocycles. The maximum Gasteiger partial charge on any atom is 0.153 e. The zero-order valence-electron chi connectivity index (χ0n) is 14.8. The Labute approximate surface area is 155 Å². The molecule has 132 valence electrons. The molecule has 0 bridgehead atoms. The van der Waals surface area contributed by atoms with Crippen LogP contribution >= 0.6 is 0 Å². The molecular weight excluding hydrogens is 340 g/mol. The van der Waals surface area contributed by atoms with Crippen LogP contribution in [0.2, 0.25) is 0 Å². The summed E-state index contributed by atoms with van der Waals surface area (Å²) in [5.41, 5.74) is 4.42. The molecule has 1 aromatic carbocycles. The summed E-state index contributed by atoms with van der Waals surface area (Å²) in [4.78, 5) is 18.8. The summed E-state index contributed by atoms with van der Waals surface area (Å²) in [5, 5.41) is 17.7. The van der Waals surface area contributed by atoms with E-state index in [1.807, 2.05) is 44.4 Å². The van der Waals surface area contributed by atoms with Gasteiger partial charge < -0.3 is 10.3 Å². The number of aromatic amines is 1. The van der Waals surface area contributed by atoms with Gasteiger partial charge in [0, 0.05) is 36.5 Å². The van der Waals surface area contributed by atoms with Gasteiger partial charge in [0.2, 0.25) is 0 Å². The standard InChI is InChI=1S/C20H16N6O/c1-12-7-13(3-4-14(12)11-27)16-8-18(23-17-5-6-26(2)25-17)24-20-19(16)15(9-21)10-22-20/h3-8,10-11H,1-2H3,(H2,22,23,24,25). The Morgan fingerprint density at radius 2 is 2.11 bits per heavy atom. The molecule has 0 unspecified atom stereocenters. The van der Waals surface area contributed by atoms with Gasteiger partial charge >= 0.3 is 0 Å². The van der Waals surface area contributed by atoms with Crippen LogP contribution in [0.5, 0.6) is 0 Å². The normalized spacial score (nSPS) is 10.7. The van der Waals surface area contributed by atoms with Crippen LogP contribution in [-0.4, -0.2) is 26.0 Å². The number of hydrogen-bond donors (Lipinski definition) is 2. The molecule has 4 aromatic rings. The van der Waals surface area contributed by atoms with Crippen molar-refractivity contribution in [1.29, 1.82) is 5.26 Å². The van der Waals surface area contributed by atoms with Gasteiger partial charge in [0.25, 0.3) is 0 Å². The number of aldehydes is 1. The molecule has 0 atom stereocenters. The number of nitrogens with zero attached hydrogens (tertiary/aromatic N) is 4. The minimum absolute atomic E-state index is 0.522. The predicted octanol–water partition coefficient (Wildman–Crippen LogP) is 3.70. The Morgan fingerprint density at radius 1 is 1.26 bits per heavy atom. The van der Waals surface area contributed by atoms with Crippen LogP contribution in [0.25, 0.3) is 22.2 Å². The topological polar surface area (TPSA) is 99.4 Å². The number of benzene rings is 1. The van der Waals surface area contributed by atoms with Crippen molar-refractivity contribution in [3.8, 4) is 17.2 Å². The first-order valence-corrected chi connectivity index (χ1v) is 8.34. The average Bonchev–Trinajstić information content (AvgIpc) is 3.26. The SMILES string of the molecule is Cc1cc(-c2cc(Nc3ccn(C)n3)nc3[nH]cc(C#N)c23)ccc1C=O. The van der Waals surface area contributed by atoms with Crippen LogP contribution in [0, 0.1) is 18.3 Å². The molecule has 4 rings (SSSR count). The Kier molecular flexibility index (Phi) is 3.94. The summed E-state index contributed by atoms with van der Waals surface area (Å²) in [6.45, 7) is 1.89. The Bertz CT molecular complexity index is 1210. The van der Waals surface area contributed by atoms with Crippen molar-refractivity contribution in [3.63, 3.8) is 0 Å². The van der Waals surface area contributed by atoms with Gasteiger partial charge in [0.1, 0.15) is 23.8 Å². The summed E-state index contributed by atoms with van der Waals surface area (Å²) in [6.07, 6.45) is 4.33. The van der Waals surface area contributed by atoms with Gasteiger partial charge in [-0.05, 0) is 29.7 Å². The van der Waals surface area contributed by atoms with Gasteiger partial charge in [-0.3, -0.25) is 9.48 Å². The maximum absolute atomic E-state index is 11.1. The summed E-state index contributed by atoms with van der Waals surface area (Å²) in [7, 11) is 1.84. The molecule has 2 N–H and O–H groups in total. The maximum atomic E-state index is 11.1. The lowest BCUT2D eigenvalue weighted by atomic mass is 9.97. The average molecular weight is 356 g/mol. The highest BCUT2D eigenvalue weighted by atomic mass is 16.1. The summed E-state index contributed by atoms with van der Waals surface area (Å²) in [6, 6.07) is 11.6. The van der Waals surface area contributed by atoms with Crippen LogP contribution < -0.4 is 5.32 Å². The van der Waals surface area contributed by atoms with Crippen LogP contribution in [-0.2, 0) is 7.05 Å². The molecular formula is C20H16N6O. The van der Waals surface area contributed by atoms with E-state index in [4.69, 9.17) is 0 Å². The van der Waals surface area contributed by atoms with Crippen molar-refractivity contribution in [1.82, 2.24) is 19.7 Å². The molecule has 3 heterocycles. The number of hydrogen-bond acceptors (Lipinski definition) is 5. The van der Waals surface area contributed by atoms with Gasteiger partial charge in [-0.1, -0.05) is 18.2 Å². The summed E-state index contributed by atoms with van der Waals surface area (Å²) >= 11 is 0. The molecule has 3 aromatic heterocycles. The molecule has 7 nitrogen and oxygen atoms in total. The third-order valence-electron chi connectivity index (χ3n) is 4.44. The molecule has 0 aliphatic rings. The Balaban J connectivity index is 1.91. The lowest BCUT2D eigenvalue weighted by molar-refractivity contribution is 0.112. The third kappa shape index (κ3) is 2.93. The van der Waals surface area contributed by atoms with Crippen LogP contribution in [0.4, 0.5) is 11.6 Å². The van der Waals surface area contributed by atoms with E-state index in [0.717, 1.165) is 28.4 Å². The van der Waals surface area contributed by atoms with Gasteiger partial charge in [-0.2, -0.15) is 10.4 Å². The van der Waals surface area contributed by atoms with E-state index in [9.17, 15) is 10.1 Å². The first kappa shape index (κ1) is 16.5. The molecule has 27 heavy (non-hydrogen) atoms. The van der Waals surface area contributed by atoms with Crippen molar-refractivity contribution >= 4 is 29.0 Å². The smallest absolute Gasteiger partial charge is 0.153 e. The second-order valence-corrected chi connectivity index (χ2v) is 6.28. The van der Waals surface area contributed by atoms with E-state index in [2.05, 4.69) is 26.5 Å². The number of carbonyl (C=O) groups is 1. The first-order chi connectivity index (χ1) is 13.1. The fourth-order valence-corrected chi connectivity index (χ4v) is 3.10. The molecule has 7 heteroatoms. The minimum Gasteiger partial charge on any atom is -0.345 e. The third-order valence-corrected chi connectivity index (χ3v) is 4.44. The van der Waals surface area contributed by atoms with Crippen molar-refractivity contribution < 1.29 is 4.79 Å². The number of fused-ring (bicyclic) bond motifs is 1. The van der Waals surface area contributed by atoms with Crippen molar-refractivity contribution in [3.05, 3.63) is 59.4 Å². The minimum atomic E-state index is 0.522. The first-order valence-electron chi connectivity index (χ1n) is 8.34. The molecule has 0 amide bonds. The van der Waals surface area contributed by atoms with Gasteiger partial charge in [0.05, 0.1) is 5.56 Å².